The van der Waals surface area contributed by atoms with E-state index in [0.29, 0.717) is 11.5 Å². The van der Waals surface area contributed by atoms with Gasteiger partial charge in [0.15, 0.2) is 17.1 Å². The summed E-state index contributed by atoms with van der Waals surface area (Å²) in [4.78, 5) is 4.69. The first-order valence-corrected chi connectivity index (χ1v) is 8.92. The fourth-order valence-electron chi connectivity index (χ4n) is 3.02. The van der Waals surface area contributed by atoms with Gasteiger partial charge in [-0.05, 0) is 38.5 Å². The highest BCUT2D eigenvalue weighted by Gasteiger charge is 2.16. The van der Waals surface area contributed by atoms with Crippen molar-refractivity contribution in [2.45, 2.75) is 33.6 Å². The van der Waals surface area contributed by atoms with E-state index in [1.807, 2.05) is 35.7 Å². The average molecular weight is 354 g/mol. The van der Waals surface area contributed by atoms with Gasteiger partial charge in [-0.15, -0.1) is 0 Å². The number of hydrogen-bond acceptors (Lipinski definition) is 5. The molecule has 3 rings (SSSR count). The van der Waals surface area contributed by atoms with Gasteiger partial charge in [-0.25, -0.2) is 4.98 Å². The maximum atomic E-state index is 5.43. The van der Waals surface area contributed by atoms with E-state index >= 15 is 0 Å². The SMILES string of the molecule is CCCCNc1cc(C)nc2c(C)c(-c3ccc(OC)c(OC)c3)nn12. The zero-order valence-corrected chi connectivity index (χ0v) is 16.1. The molecular formula is C20H26N4O2. The van der Waals surface area contributed by atoms with Crippen LogP contribution in [0.25, 0.3) is 16.9 Å². The van der Waals surface area contributed by atoms with Crippen molar-refractivity contribution in [2.24, 2.45) is 0 Å². The Hall–Kier alpha value is -2.76. The molecule has 0 aliphatic rings. The lowest BCUT2D eigenvalue weighted by Gasteiger charge is -2.09. The smallest absolute Gasteiger partial charge is 0.161 e. The minimum Gasteiger partial charge on any atom is -0.493 e. The molecule has 3 aromatic rings. The van der Waals surface area contributed by atoms with Gasteiger partial charge >= 0.3 is 0 Å². The van der Waals surface area contributed by atoms with Crippen molar-refractivity contribution >= 4 is 11.5 Å². The maximum Gasteiger partial charge on any atom is 0.161 e. The van der Waals surface area contributed by atoms with Gasteiger partial charge in [0.05, 0.1) is 19.9 Å². The number of ether oxygens (including phenoxy) is 2. The first-order chi connectivity index (χ1) is 12.6. The number of aromatic nitrogens is 3. The van der Waals surface area contributed by atoms with Crippen molar-refractivity contribution in [2.75, 3.05) is 26.1 Å². The summed E-state index contributed by atoms with van der Waals surface area (Å²) >= 11 is 0. The molecule has 0 amide bonds. The normalized spacial score (nSPS) is 11.0. The van der Waals surface area contributed by atoms with Crippen LogP contribution in [0.3, 0.4) is 0 Å². The van der Waals surface area contributed by atoms with Crippen molar-refractivity contribution in [3.63, 3.8) is 0 Å². The monoisotopic (exact) mass is 354 g/mol. The van der Waals surface area contributed by atoms with Gasteiger partial charge in [-0.3, -0.25) is 0 Å². The predicted molar refractivity (Wildman–Crippen MR) is 104 cm³/mol. The van der Waals surface area contributed by atoms with E-state index in [1.165, 1.54) is 0 Å². The summed E-state index contributed by atoms with van der Waals surface area (Å²) in [5, 5.41) is 8.31. The topological polar surface area (TPSA) is 60.7 Å². The molecule has 6 nitrogen and oxygen atoms in total. The molecule has 2 heterocycles. The van der Waals surface area contributed by atoms with Gasteiger partial charge in [-0.1, -0.05) is 13.3 Å². The zero-order valence-electron chi connectivity index (χ0n) is 16.1. The van der Waals surface area contributed by atoms with E-state index in [-0.39, 0.29) is 0 Å². The Balaban J connectivity index is 2.10. The van der Waals surface area contributed by atoms with Gasteiger partial charge in [0.2, 0.25) is 0 Å². The Morgan fingerprint density at radius 2 is 1.85 bits per heavy atom. The van der Waals surface area contributed by atoms with Gasteiger partial charge < -0.3 is 14.8 Å². The van der Waals surface area contributed by atoms with Gasteiger partial charge in [0.25, 0.3) is 0 Å². The summed E-state index contributed by atoms with van der Waals surface area (Å²) < 4.78 is 12.7. The van der Waals surface area contributed by atoms with E-state index in [1.54, 1.807) is 14.2 Å². The number of nitrogens with one attached hydrogen (secondary N) is 1. The molecule has 0 saturated carbocycles. The first kappa shape index (κ1) is 18.0. The molecule has 0 aliphatic carbocycles. The number of benzene rings is 1. The highest BCUT2D eigenvalue weighted by molar-refractivity contribution is 5.73. The molecule has 0 fully saturated rings. The van der Waals surface area contributed by atoms with Crippen molar-refractivity contribution in [1.82, 2.24) is 14.6 Å². The lowest BCUT2D eigenvalue weighted by Crippen LogP contribution is -2.08. The molecule has 0 radical (unpaired) electrons. The third-order valence-corrected chi connectivity index (χ3v) is 4.44. The standard InChI is InChI=1S/C20H26N4O2/c1-6-7-10-21-18-11-13(2)22-20-14(3)19(23-24(18)20)15-8-9-16(25-4)17(12-15)26-5/h8-9,11-12,21H,6-7,10H2,1-5H3. The molecule has 1 N–H and O–H groups in total. The van der Waals surface area contributed by atoms with Gasteiger partial charge in [0.1, 0.15) is 5.82 Å². The van der Waals surface area contributed by atoms with Crippen LogP contribution in [0.1, 0.15) is 31.0 Å². The lowest BCUT2D eigenvalue weighted by molar-refractivity contribution is 0.355. The van der Waals surface area contributed by atoms with Crippen LogP contribution in [0, 0.1) is 13.8 Å². The minimum absolute atomic E-state index is 0.687. The van der Waals surface area contributed by atoms with Crippen LogP contribution < -0.4 is 14.8 Å². The number of rotatable bonds is 7. The second-order valence-corrected chi connectivity index (χ2v) is 6.34. The summed E-state index contributed by atoms with van der Waals surface area (Å²) in [7, 11) is 3.27. The van der Waals surface area contributed by atoms with Crippen molar-refractivity contribution in [3.05, 3.63) is 35.5 Å². The van der Waals surface area contributed by atoms with E-state index in [4.69, 9.17) is 19.6 Å². The molecule has 0 bridgehead atoms. The van der Waals surface area contributed by atoms with Gasteiger partial charge in [-0.2, -0.15) is 9.61 Å². The first-order valence-electron chi connectivity index (χ1n) is 8.92. The van der Waals surface area contributed by atoms with Crippen molar-refractivity contribution in [1.29, 1.82) is 0 Å². The molecule has 138 valence electrons. The lowest BCUT2D eigenvalue weighted by atomic mass is 10.1. The molecule has 0 spiro atoms. The molecule has 26 heavy (non-hydrogen) atoms. The summed E-state index contributed by atoms with van der Waals surface area (Å²) in [5.41, 5.74) is 4.75. The fraction of sp³-hybridized carbons (Fsp3) is 0.400. The van der Waals surface area contributed by atoms with Crippen molar-refractivity contribution in [3.8, 4) is 22.8 Å². The highest BCUT2D eigenvalue weighted by Crippen LogP contribution is 2.34. The molecule has 0 saturated heterocycles. The van der Waals surface area contributed by atoms with Crippen LogP contribution in [0.15, 0.2) is 24.3 Å². The third-order valence-electron chi connectivity index (χ3n) is 4.44. The molecule has 1 aromatic carbocycles. The third kappa shape index (κ3) is 3.31. The summed E-state index contributed by atoms with van der Waals surface area (Å²) in [6.07, 6.45) is 2.26. The highest BCUT2D eigenvalue weighted by atomic mass is 16.5. The quantitative estimate of drug-likeness (QED) is 0.643. The number of aryl methyl sites for hydroxylation is 2. The molecule has 0 aliphatic heterocycles. The molecule has 0 atom stereocenters. The number of nitrogens with zero attached hydrogens (tertiary/aromatic N) is 3. The Bertz CT molecular complexity index is 918. The van der Waals surface area contributed by atoms with Crippen molar-refractivity contribution < 1.29 is 9.47 Å². The molecule has 2 aromatic heterocycles. The van der Waals surface area contributed by atoms with E-state index in [9.17, 15) is 0 Å². The largest absolute Gasteiger partial charge is 0.493 e. The maximum absolute atomic E-state index is 5.43. The van der Waals surface area contributed by atoms with E-state index in [2.05, 4.69) is 19.2 Å². The fourth-order valence-corrected chi connectivity index (χ4v) is 3.02. The summed E-state index contributed by atoms with van der Waals surface area (Å²) in [6, 6.07) is 7.88. The number of anilines is 1. The molecular weight excluding hydrogens is 328 g/mol. The van der Waals surface area contributed by atoms with Crippen LogP contribution in [-0.2, 0) is 0 Å². The van der Waals surface area contributed by atoms with Crippen LogP contribution >= 0.6 is 0 Å². The predicted octanol–water partition coefficient (Wildman–Crippen LogP) is 4.24. The van der Waals surface area contributed by atoms with Crippen LogP contribution in [-0.4, -0.2) is 35.4 Å². The van der Waals surface area contributed by atoms with Crippen LogP contribution in [0.5, 0.6) is 11.5 Å². The number of fused-ring (bicyclic) bond motifs is 1. The van der Waals surface area contributed by atoms with E-state index in [0.717, 1.165) is 53.4 Å². The Morgan fingerprint density at radius 1 is 1.08 bits per heavy atom. The Morgan fingerprint density at radius 3 is 2.54 bits per heavy atom. The molecule has 0 unspecified atom stereocenters. The number of hydrogen-bond donors (Lipinski definition) is 1. The zero-order chi connectivity index (χ0) is 18.7. The number of methoxy groups -OCH3 is 2. The average Bonchev–Trinajstić information content (AvgIpc) is 2.98. The second kappa shape index (κ2) is 7.64. The van der Waals surface area contributed by atoms with Crippen LogP contribution in [0.2, 0.25) is 0 Å². The Labute approximate surface area is 154 Å². The van der Waals surface area contributed by atoms with Gasteiger partial charge in [0, 0.05) is 29.4 Å². The summed E-state index contributed by atoms with van der Waals surface area (Å²) in [6.45, 7) is 7.16. The summed E-state index contributed by atoms with van der Waals surface area (Å²) in [5.74, 6) is 2.36. The van der Waals surface area contributed by atoms with E-state index < -0.39 is 0 Å². The van der Waals surface area contributed by atoms with Crippen LogP contribution in [0.4, 0.5) is 5.82 Å². The minimum atomic E-state index is 0.687. The molecule has 6 heteroatoms. The second-order valence-electron chi connectivity index (χ2n) is 6.34. The Kier molecular flexibility index (Phi) is 5.30. The number of unbranched alkanes of at least 4 members (excludes halogenated alkanes) is 1.